The van der Waals surface area contributed by atoms with Crippen molar-refractivity contribution in [1.82, 2.24) is 0 Å². The van der Waals surface area contributed by atoms with Gasteiger partial charge in [-0.15, -0.1) is 0 Å². The van der Waals surface area contributed by atoms with Crippen molar-refractivity contribution in [3.05, 3.63) is 0 Å². The van der Waals surface area contributed by atoms with E-state index >= 15 is 0 Å². The lowest BCUT2D eigenvalue weighted by molar-refractivity contribution is 1.78. The van der Waals surface area contributed by atoms with Crippen LogP contribution in [0.15, 0.2) is 0 Å². The zero-order valence-electron chi connectivity index (χ0n) is 13.8. The summed E-state index contributed by atoms with van der Waals surface area (Å²) >= 11 is 14.8. The van der Waals surface area contributed by atoms with Crippen molar-refractivity contribution in [2.45, 2.75) is 65.5 Å². The van der Waals surface area contributed by atoms with Gasteiger partial charge in [-0.05, 0) is 0 Å². The van der Waals surface area contributed by atoms with Crippen LogP contribution in [0.25, 0.3) is 0 Å². The Hall–Kier alpha value is 1.88. The molecule has 1 aliphatic rings. The Labute approximate surface area is 128 Å². The number of hydrogen-bond acceptors (Lipinski definition) is 0. The summed E-state index contributed by atoms with van der Waals surface area (Å²) < 4.78 is 0. The van der Waals surface area contributed by atoms with Crippen LogP contribution >= 0.6 is 22.2 Å². The summed E-state index contributed by atoms with van der Waals surface area (Å²) in [7, 11) is -5.25. The molecule has 1 saturated heterocycles. The Kier molecular flexibility index (Phi) is 4.19. The van der Waals surface area contributed by atoms with E-state index in [1.807, 2.05) is 0 Å². The molecule has 0 saturated carbocycles. The van der Waals surface area contributed by atoms with E-state index < -0.39 is 41.3 Å². The largest absolute Gasteiger partial charge is 0.175 e. The van der Waals surface area contributed by atoms with Crippen LogP contribution in [-0.4, -0.2) is 41.3 Å². The third kappa shape index (κ3) is 1.63. The van der Waals surface area contributed by atoms with Crippen molar-refractivity contribution >= 4 is 63.4 Å². The van der Waals surface area contributed by atoms with Gasteiger partial charge in [0, 0.05) is 21.3 Å². The lowest BCUT2D eigenvalue weighted by atomic mass is 11.9. The summed E-state index contributed by atoms with van der Waals surface area (Å²) in [5.74, 6) is 0. The van der Waals surface area contributed by atoms with Gasteiger partial charge in [-0.1, -0.05) is 65.5 Å². The molecule has 2 atom stereocenters. The van der Waals surface area contributed by atoms with E-state index in [-0.39, 0.29) is 0 Å². The molecule has 8 heteroatoms. The Morgan fingerprint density at radius 1 is 0.389 bits per heavy atom. The molecule has 0 radical (unpaired) electrons. The van der Waals surface area contributed by atoms with E-state index in [1.54, 1.807) is 0 Å². The van der Waals surface area contributed by atoms with Gasteiger partial charge in [-0.2, -0.15) is 22.2 Å². The molecule has 0 aromatic rings. The molecule has 0 spiro atoms. The average molecular weight is 390 g/mol. The lowest BCUT2D eigenvalue weighted by Gasteiger charge is -2.69. The van der Waals surface area contributed by atoms with Crippen molar-refractivity contribution in [1.29, 1.82) is 0 Å². The summed E-state index contributed by atoms with van der Waals surface area (Å²) in [5, 5.41) is 0. The summed E-state index contributed by atoms with van der Waals surface area (Å²) in [4.78, 5) is 0. The summed E-state index contributed by atoms with van der Waals surface area (Å²) in [5.41, 5.74) is 0. The van der Waals surface area contributed by atoms with Crippen molar-refractivity contribution in [3.8, 4) is 0 Å². The first kappa shape index (κ1) is 17.9. The molecule has 0 aromatic carbocycles. The Morgan fingerprint density at radius 2 is 0.611 bits per heavy atom. The predicted octanol–water partition coefficient (Wildman–Crippen LogP) is 4.93. The maximum Gasteiger partial charge on any atom is 0.131 e. The molecule has 2 unspecified atom stereocenters. The van der Waals surface area contributed by atoms with Gasteiger partial charge in [0.2, 0.25) is 0 Å². The third-order valence-corrected chi connectivity index (χ3v) is 170. The van der Waals surface area contributed by atoms with Crippen molar-refractivity contribution in [2.75, 3.05) is 0 Å². The van der Waals surface area contributed by atoms with Crippen LogP contribution in [0.3, 0.4) is 0 Å². The number of hydrogen-bond donors (Lipinski definition) is 0. The van der Waals surface area contributed by atoms with Crippen LogP contribution in [0.5, 0.6) is 0 Å². The van der Waals surface area contributed by atoms with Gasteiger partial charge in [0.05, 0.1) is 7.11 Å². The highest BCUT2D eigenvalue weighted by Gasteiger charge is 2.79. The molecule has 1 rings (SSSR count). The summed E-state index contributed by atoms with van der Waals surface area (Å²) in [6.45, 7) is 26.1. The molecule has 0 aliphatic carbocycles. The minimum absolute atomic E-state index is 1.23. The topological polar surface area (TPSA) is 0 Å². The second-order valence-electron chi connectivity index (χ2n) is 8.51. The molecule has 1 fully saturated rings. The normalized spacial score (nSPS) is 44.7. The highest BCUT2D eigenvalue weighted by molar-refractivity contribution is 8.21. The fourth-order valence-corrected chi connectivity index (χ4v) is 254. The molecule has 108 valence electrons. The van der Waals surface area contributed by atoms with Crippen molar-refractivity contribution in [2.24, 2.45) is 0 Å². The first-order valence-electron chi connectivity index (χ1n) is 6.88. The maximum atomic E-state index is 7.42. The van der Waals surface area contributed by atoms with Crippen LogP contribution in [0.2, 0.25) is 65.5 Å². The van der Waals surface area contributed by atoms with Gasteiger partial charge < -0.3 is 0 Å². The highest BCUT2D eigenvalue weighted by atomic mass is 35.6. The Morgan fingerprint density at radius 3 is 0.833 bits per heavy atom. The standard InChI is InChI=1S/C10H30Cl2Si6/c1-13(2)14(3,4)17(9,11)16(7,8)18(10,12)15(13,5)6/h1-10H3. The zero-order chi connectivity index (χ0) is 15.0. The van der Waals surface area contributed by atoms with E-state index in [0.29, 0.717) is 0 Å². The average Bonchev–Trinajstić information content (AvgIpc) is 2.14. The second-order valence-corrected chi connectivity index (χ2v) is 84.9. The van der Waals surface area contributed by atoms with Crippen molar-refractivity contribution < 1.29 is 0 Å². The molecule has 0 bridgehead atoms. The molecule has 0 amide bonds. The second kappa shape index (κ2) is 4.21. The first-order chi connectivity index (χ1) is 7.50. The van der Waals surface area contributed by atoms with E-state index in [9.17, 15) is 0 Å². The van der Waals surface area contributed by atoms with Crippen LogP contribution in [0.4, 0.5) is 0 Å². The van der Waals surface area contributed by atoms with Gasteiger partial charge in [-0.25, -0.2) is 0 Å². The van der Waals surface area contributed by atoms with Gasteiger partial charge in [0.25, 0.3) is 0 Å². The fraction of sp³-hybridized carbons (Fsp3) is 1.00. The Balaban J connectivity index is 3.72. The number of rotatable bonds is 0. The van der Waals surface area contributed by atoms with E-state index in [2.05, 4.69) is 65.5 Å². The lowest BCUT2D eigenvalue weighted by Crippen LogP contribution is -2.99. The van der Waals surface area contributed by atoms with E-state index in [4.69, 9.17) is 22.2 Å². The molecule has 0 aromatic heterocycles. The monoisotopic (exact) mass is 388 g/mol. The molecular formula is C10H30Cl2Si6. The molecule has 0 nitrogen and oxygen atoms in total. The van der Waals surface area contributed by atoms with Gasteiger partial charge in [-0.3, -0.25) is 0 Å². The van der Waals surface area contributed by atoms with Gasteiger partial charge in [0.1, 0.15) is 12.8 Å². The molecule has 0 N–H and O–H groups in total. The molecule has 1 aliphatic heterocycles. The SMILES string of the molecule is C[Si]1(C)[Si](C)(C)[Si](C)(Cl)[Si](C)(C)[Si](C)(Cl)[Si]1(C)C. The van der Waals surface area contributed by atoms with E-state index in [0.717, 1.165) is 0 Å². The molecular weight excluding hydrogens is 360 g/mol. The van der Waals surface area contributed by atoms with Gasteiger partial charge >= 0.3 is 0 Å². The molecule has 1 heterocycles. The predicted molar refractivity (Wildman–Crippen MR) is 105 cm³/mol. The fourth-order valence-electron chi connectivity index (χ4n) is 3.96. The summed E-state index contributed by atoms with van der Waals surface area (Å²) in [6, 6.07) is 0. The zero-order valence-corrected chi connectivity index (χ0v) is 21.3. The smallest absolute Gasteiger partial charge is 0.131 e. The number of halogens is 2. The van der Waals surface area contributed by atoms with Crippen LogP contribution in [0.1, 0.15) is 0 Å². The van der Waals surface area contributed by atoms with Gasteiger partial charge in [0.15, 0.2) is 0 Å². The first-order valence-corrected chi connectivity index (χ1v) is 31.9. The van der Waals surface area contributed by atoms with Crippen LogP contribution in [-0.2, 0) is 0 Å². The minimum Gasteiger partial charge on any atom is -0.175 e. The summed E-state index contributed by atoms with van der Waals surface area (Å²) in [6.07, 6.45) is -3.26. The third-order valence-electron chi connectivity index (χ3n) is 7.82. The van der Waals surface area contributed by atoms with Crippen LogP contribution in [0, 0.1) is 0 Å². The molecule has 18 heavy (non-hydrogen) atoms. The highest BCUT2D eigenvalue weighted by Crippen LogP contribution is 2.54. The van der Waals surface area contributed by atoms with Crippen LogP contribution < -0.4 is 0 Å². The Bertz CT molecular complexity index is 256. The minimum atomic E-state index is -1.63. The van der Waals surface area contributed by atoms with E-state index in [1.165, 1.54) is 0 Å². The quantitative estimate of drug-likeness (QED) is 0.407. The maximum absolute atomic E-state index is 7.42. The van der Waals surface area contributed by atoms with Crippen molar-refractivity contribution in [3.63, 3.8) is 0 Å².